The summed E-state index contributed by atoms with van der Waals surface area (Å²) >= 11 is 0. The van der Waals surface area contributed by atoms with Gasteiger partial charge in [-0.2, -0.15) is 4.98 Å². The van der Waals surface area contributed by atoms with Crippen LogP contribution in [0.5, 0.6) is 11.6 Å². The summed E-state index contributed by atoms with van der Waals surface area (Å²) in [5, 5.41) is 13.8. The summed E-state index contributed by atoms with van der Waals surface area (Å²) < 4.78 is 18.9. The van der Waals surface area contributed by atoms with Crippen LogP contribution >= 0.6 is 0 Å². The van der Waals surface area contributed by atoms with Crippen LogP contribution in [-0.4, -0.2) is 21.4 Å². The number of aryl methyl sites for hydroxylation is 1. The fourth-order valence-electron chi connectivity index (χ4n) is 1.60. The fourth-order valence-corrected chi connectivity index (χ4v) is 1.60. The van der Waals surface area contributed by atoms with E-state index in [9.17, 15) is 14.5 Å². The van der Waals surface area contributed by atoms with Crippen LogP contribution in [0.25, 0.3) is 0 Å². The monoisotopic (exact) mass is 292 g/mol. The predicted octanol–water partition coefficient (Wildman–Crippen LogP) is 3.06. The van der Waals surface area contributed by atoms with Crippen molar-refractivity contribution in [3.63, 3.8) is 0 Å². The van der Waals surface area contributed by atoms with Gasteiger partial charge in [-0.15, -0.1) is 0 Å². The lowest BCUT2D eigenvalue weighted by Gasteiger charge is -2.08. The van der Waals surface area contributed by atoms with Gasteiger partial charge in [0.2, 0.25) is 5.95 Å². The molecule has 0 unspecified atom stereocenters. The Morgan fingerprint density at radius 1 is 1.48 bits per heavy atom. The second-order valence-corrected chi connectivity index (χ2v) is 4.21. The van der Waals surface area contributed by atoms with E-state index >= 15 is 0 Å². The molecule has 0 aliphatic heterocycles. The van der Waals surface area contributed by atoms with Gasteiger partial charge in [-0.05, 0) is 31.5 Å². The highest BCUT2D eigenvalue weighted by Gasteiger charge is 2.20. The quantitative estimate of drug-likeness (QED) is 0.672. The van der Waals surface area contributed by atoms with Gasteiger partial charge in [-0.25, -0.2) is 9.37 Å². The third-order valence-corrected chi connectivity index (χ3v) is 2.56. The van der Waals surface area contributed by atoms with E-state index in [0.717, 1.165) is 11.8 Å². The van der Waals surface area contributed by atoms with Gasteiger partial charge in [0.15, 0.2) is 11.6 Å². The molecule has 21 heavy (non-hydrogen) atoms. The molecule has 0 aliphatic rings. The molecule has 0 aliphatic carbocycles. The summed E-state index contributed by atoms with van der Waals surface area (Å²) in [7, 11) is 0. The van der Waals surface area contributed by atoms with Crippen molar-refractivity contribution in [1.82, 2.24) is 9.97 Å². The van der Waals surface area contributed by atoms with E-state index in [-0.39, 0.29) is 17.6 Å². The van der Waals surface area contributed by atoms with Gasteiger partial charge in [-0.3, -0.25) is 10.1 Å². The van der Waals surface area contributed by atoms with Crippen LogP contribution < -0.4 is 10.1 Å². The molecule has 1 heterocycles. The van der Waals surface area contributed by atoms with Crippen molar-refractivity contribution in [2.75, 3.05) is 11.9 Å². The molecule has 2 rings (SSSR count). The lowest BCUT2D eigenvalue weighted by Crippen LogP contribution is -2.05. The van der Waals surface area contributed by atoms with Gasteiger partial charge >= 0.3 is 11.6 Å². The summed E-state index contributed by atoms with van der Waals surface area (Å²) in [5.74, 6) is -0.889. The molecule has 8 heteroatoms. The molecule has 0 radical (unpaired) electrons. The summed E-state index contributed by atoms with van der Waals surface area (Å²) in [6.07, 6.45) is 1.02. The molecule has 0 saturated heterocycles. The number of nitro groups is 1. The number of rotatable bonds is 5. The number of halogens is 1. The predicted molar refractivity (Wildman–Crippen MR) is 74.1 cm³/mol. The van der Waals surface area contributed by atoms with Crippen LogP contribution in [0, 0.1) is 22.9 Å². The minimum absolute atomic E-state index is 0.126. The standard InChI is InChI=1S/C13H13FN4O3/c1-3-15-13-16-7-10(18(19)20)12(17-13)21-11-6-8(2)4-5-9(11)14/h4-7H,3H2,1-2H3,(H,15,16,17). The molecule has 0 amide bonds. The molecule has 1 N–H and O–H groups in total. The molecule has 0 fully saturated rings. The maximum absolute atomic E-state index is 13.7. The van der Waals surface area contributed by atoms with Gasteiger partial charge in [-0.1, -0.05) is 6.07 Å². The number of anilines is 1. The van der Waals surface area contributed by atoms with Crippen molar-refractivity contribution in [3.8, 4) is 11.6 Å². The highest BCUT2D eigenvalue weighted by molar-refractivity contribution is 5.46. The molecule has 2 aromatic rings. The van der Waals surface area contributed by atoms with Gasteiger partial charge in [0.05, 0.1) is 4.92 Å². The lowest BCUT2D eigenvalue weighted by molar-refractivity contribution is -0.386. The molecule has 1 aromatic heterocycles. The van der Waals surface area contributed by atoms with Crippen molar-refractivity contribution in [3.05, 3.63) is 45.9 Å². The molecular weight excluding hydrogens is 279 g/mol. The highest BCUT2D eigenvalue weighted by Crippen LogP contribution is 2.31. The van der Waals surface area contributed by atoms with E-state index in [2.05, 4.69) is 15.3 Å². The average Bonchev–Trinajstić information content (AvgIpc) is 2.43. The number of ether oxygens (including phenoxy) is 1. The molecule has 110 valence electrons. The van der Waals surface area contributed by atoms with Crippen molar-refractivity contribution >= 4 is 11.6 Å². The normalized spacial score (nSPS) is 10.2. The smallest absolute Gasteiger partial charge is 0.349 e. The fraction of sp³-hybridized carbons (Fsp3) is 0.231. The van der Waals surface area contributed by atoms with E-state index in [1.807, 2.05) is 6.92 Å². The molecule has 0 atom stereocenters. The zero-order chi connectivity index (χ0) is 15.4. The zero-order valence-corrected chi connectivity index (χ0v) is 11.5. The first-order valence-corrected chi connectivity index (χ1v) is 6.20. The van der Waals surface area contributed by atoms with Crippen molar-refractivity contribution in [1.29, 1.82) is 0 Å². The maximum Gasteiger partial charge on any atom is 0.349 e. The van der Waals surface area contributed by atoms with Crippen LogP contribution in [0.1, 0.15) is 12.5 Å². The Bertz CT molecular complexity index is 678. The number of benzene rings is 1. The molecule has 0 bridgehead atoms. The second-order valence-electron chi connectivity index (χ2n) is 4.21. The number of hydrogen-bond donors (Lipinski definition) is 1. The Morgan fingerprint density at radius 3 is 2.90 bits per heavy atom. The molecular formula is C13H13FN4O3. The van der Waals surface area contributed by atoms with E-state index in [1.54, 1.807) is 13.0 Å². The SMILES string of the molecule is CCNc1ncc([N+](=O)[O-])c(Oc2cc(C)ccc2F)n1. The van der Waals surface area contributed by atoms with Crippen molar-refractivity contribution < 1.29 is 14.1 Å². The van der Waals surface area contributed by atoms with E-state index < -0.39 is 16.4 Å². The van der Waals surface area contributed by atoms with E-state index in [0.29, 0.717) is 6.54 Å². The van der Waals surface area contributed by atoms with Crippen LogP contribution in [0.2, 0.25) is 0 Å². The van der Waals surface area contributed by atoms with Crippen LogP contribution in [0.15, 0.2) is 24.4 Å². The van der Waals surface area contributed by atoms with Crippen LogP contribution in [0.4, 0.5) is 16.0 Å². The number of aromatic nitrogens is 2. The van der Waals surface area contributed by atoms with E-state index in [4.69, 9.17) is 4.74 Å². The van der Waals surface area contributed by atoms with Gasteiger partial charge in [0, 0.05) is 6.54 Å². The summed E-state index contributed by atoms with van der Waals surface area (Å²) in [6.45, 7) is 4.12. The Morgan fingerprint density at radius 2 is 2.24 bits per heavy atom. The van der Waals surface area contributed by atoms with Gasteiger partial charge in [0.1, 0.15) is 6.20 Å². The average molecular weight is 292 g/mol. The summed E-state index contributed by atoms with van der Waals surface area (Å²) in [4.78, 5) is 18.0. The van der Waals surface area contributed by atoms with Gasteiger partial charge < -0.3 is 10.1 Å². The van der Waals surface area contributed by atoms with Crippen molar-refractivity contribution in [2.45, 2.75) is 13.8 Å². The van der Waals surface area contributed by atoms with Crippen molar-refractivity contribution in [2.24, 2.45) is 0 Å². The number of hydrogen-bond acceptors (Lipinski definition) is 6. The number of nitrogens with one attached hydrogen (secondary N) is 1. The largest absolute Gasteiger partial charge is 0.430 e. The Balaban J connectivity index is 2.43. The minimum atomic E-state index is -0.682. The second kappa shape index (κ2) is 6.12. The third-order valence-electron chi connectivity index (χ3n) is 2.56. The third kappa shape index (κ3) is 3.41. The Labute approximate surface area is 120 Å². The zero-order valence-electron chi connectivity index (χ0n) is 11.5. The minimum Gasteiger partial charge on any atom is -0.430 e. The van der Waals surface area contributed by atoms with Crippen LogP contribution in [0.3, 0.4) is 0 Å². The first kappa shape index (κ1) is 14.6. The first-order chi connectivity index (χ1) is 10.0. The van der Waals surface area contributed by atoms with Crippen LogP contribution in [-0.2, 0) is 0 Å². The topological polar surface area (TPSA) is 90.2 Å². The van der Waals surface area contributed by atoms with Gasteiger partial charge in [0.25, 0.3) is 0 Å². The molecule has 1 aromatic carbocycles. The maximum atomic E-state index is 13.7. The Kier molecular flexibility index (Phi) is 4.27. The molecule has 0 spiro atoms. The lowest BCUT2D eigenvalue weighted by atomic mass is 10.2. The first-order valence-electron chi connectivity index (χ1n) is 6.20. The highest BCUT2D eigenvalue weighted by atomic mass is 19.1. The molecule has 0 saturated carbocycles. The summed E-state index contributed by atoms with van der Waals surface area (Å²) in [5.41, 5.74) is 0.326. The summed E-state index contributed by atoms with van der Waals surface area (Å²) in [6, 6.07) is 4.23. The van der Waals surface area contributed by atoms with E-state index in [1.165, 1.54) is 12.1 Å². The number of nitrogens with zero attached hydrogens (tertiary/aromatic N) is 3. The Hall–Kier alpha value is -2.77. The molecule has 7 nitrogen and oxygen atoms in total.